The minimum atomic E-state index is 1.15. The van der Waals surface area contributed by atoms with E-state index >= 15 is 0 Å². The quantitative estimate of drug-likeness (QED) is 0.528. The molecule has 1 rings (SSSR count). The molecule has 1 fully saturated rings. The highest BCUT2D eigenvalue weighted by atomic mass is 32.2. The van der Waals surface area contributed by atoms with Crippen molar-refractivity contribution in [2.75, 3.05) is 24.6 Å². The third-order valence-corrected chi connectivity index (χ3v) is 4.16. The van der Waals surface area contributed by atoms with Gasteiger partial charge in [-0.25, -0.2) is 0 Å². The van der Waals surface area contributed by atoms with E-state index in [0.29, 0.717) is 0 Å². The van der Waals surface area contributed by atoms with Crippen molar-refractivity contribution in [3.8, 4) is 0 Å². The second-order valence-electron chi connectivity index (χ2n) is 3.80. The summed E-state index contributed by atoms with van der Waals surface area (Å²) in [7, 11) is 0. The molecule has 0 aromatic carbocycles. The fourth-order valence-corrected chi connectivity index (χ4v) is 2.87. The van der Waals surface area contributed by atoms with Gasteiger partial charge in [-0.2, -0.15) is 11.8 Å². The van der Waals surface area contributed by atoms with E-state index in [9.17, 15) is 0 Å². The predicted molar refractivity (Wildman–Crippen MR) is 70.3 cm³/mol. The average molecular weight is 231 g/mol. The summed E-state index contributed by atoms with van der Waals surface area (Å²) in [6.45, 7) is 4.61. The van der Waals surface area contributed by atoms with Gasteiger partial charge in [0.25, 0.3) is 0 Å². The molecule has 82 valence electrons. The maximum absolute atomic E-state index is 5.41. The highest BCUT2D eigenvalue weighted by molar-refractivity contribution is 7.99. The molecule has 0 aliphatic carbocycles. The van der Waals surface area contributed by atoms with E-state index in [0.717, 1.165) is 6.42 Å². The van der Waals surface area contributed by atoms with Crippen LogP contribution in [0.2, 0.25) is 0 Å². The van der Waals surface area contributed by atoms with Crippen molar-refractivity contribution in [1.82, 2.24) is 4.90 Å². The lowest BCUT2D eigenvalue weighted by molar-refractivity contribution is 0.445. The molecule has 0 aromatic rings. The second-order valence-corrected chi connectivity index (χ2v) is 5.50. The van der Waals surface area contributed by atoms with Crippen molar-refractivity contribution in [2.24, 2.45) is 0 Å². The smallest absolute Gasteiger partial charge is 0.0779 e. The fourth-order valence-electron chi connectivity index (χ4n) is 1.70. The van der Waals surface area contributed by atoms with Crippen LogP contribution in [0.4, 0.5) is 0 Å². The van der Waals surface area contributed by atoms with Gasteiger partial charge in [-0.05, 0) is 31.4 Å². The Morgan fingerprint density at radius 1 is 1.29 bits per heavy atom. The summed E-state index contributed by atoms with van der Waals surface area (Å²) in [6.07, 6.45) is 6.43. The van der Waals surface area contributed by atoms with Crippen LogP contribution in [0, 0.1) is 0 Å². The lowest BCUT2D eigenvalue weighted by Crippen LogP contribution is -2.31. The van der Waals surface area contributed by atoms with Gasteiger partial charge in [-0.15, -0.1) is 0 Å². The van der Waals surface area contributed by atoms with Crippen LogP contribution >= 0.6 is 24.0 Å². The van der Waals surface area contributed by atoms with Crippen molar-refractivity contribution in [1.29, 1.82) is 0 Å². The Morgan fingerprint density at radius 2 is 2.14 bits per heavy atom. The second kappa shape index (κ2) is 7.52. The van der Waals surface area contributed by atoms with E-state index in [1.54, 1.807) is 0 Å². The molecule has 0 spiro atoms. The van der Waals surface area contributed by atoms with Crippen LogP contribution in [-0.4, -0.2) is 34.5 Å². The SMILES string of the molecule is CCCSCCN1CCCCCC1=S. The number of nitrogens with zero attached hydrogens (tertiary/aromatic N) is 1. The Kier molecular flexibility index (Phi) is 6.61. The van der Waals surface area contributed by atoms with Gasteiger partial charge < -0.3 is 4.90 Å². The first kappa shape index (κ1) is 12.3. The minimum absolute atomic E-state index is 1.15. The summed E-state index contributed by atoms with van der Waals surface area (Å²) in [4.78, 5) is 3.63. The van der Waals surface area contributed by atoms with Gasteiger partial charge in [0.05, 0.1) is 4.99 Å². The molecule has 1 nitrogen and oxygen atoms in total. The molecule has 0 radical (unpaired) electrons. The molecule has 1 saturated heterocycles. The third-order valence-electron chi connectivity index (χ3n) is 2.53. The summed E-state index contributed by atoms with van der Waals surface area (Å²) in [6, 6.07) is 0. The van der Waals surface area contributed by atoms with Crippen LogP contribution in [0.25, 0.3) is 0 Å². The zero-order chi connectivity index (χ0) is 10.2. The summed E-state index contributed by atoms with van der Waals surface area (Å²) in [5, 5.41) is 0. The Labute approximate surface area is 97.6 Å². The molecule has 3 heteroatoms. The molecular weight excluding hydrogens is 210 g/mol. The van der Waals surface area contributed by atoms with Crippen LogP contribution in [0.3, 0.4) is 0 Å². The number of hydrogen-bond acceptors (Lipinski definition) is 2. The fraction of sp³-hybridized carbons (Fsp3) is 0.909. The van der Waals surface area contributed by atoms with Crippen molar-refractivity contribution in [2.45, 2.75) is 39.0 Å². The van der Waals surface area contributed by atoms with E-state index in [1.807, 2.05) is 0 Å². The van der Waals surface area contributed by atoms with Gasteiger partial charge in [0.1, 0.15) is 0 Å². The topological polar surface area (TPSA) is 3.24 Å². The summed E-state index contributed by atoms with van der Waals surface area (Å²) < 4.78 is 0. The van der Waals surface area contributed by atoms with Crippen LogP contribution in [-0.2, 0) is 0 Å². The first-order chi connectivity index (χ1) is 6.84. The van der Waals surface area contributed by atoms with E-state index in [2.05, 4.69) is 23.6 Å². The number of likely N-dealkylation sites (tertiary alicyclic amines) is 1. The zero-order valence-corrected chi connectivity index (χ0v) is 10.8. The van der Waals surface area contributed by atoms with Crippen molar-refractivity contribution in [3.05, 3.63) is 0 Å². The molecule has 0 atom stereocenters. The Balaban J connectivity index is 2.16. The van der Waals surface area contributed by atoms with Crippen molar-refractivity contribution in [3.63, 3.8) is 0 Å². The van der Waals surface area contributed by atoms with Crippen LogP contribution < -0.4 is 0 Å². The first-order valence-corrected chi connectivity index (χ1v) is 7.26. The van der Waals surface area contributed by atoms with Gasteiger partial charge in [0.15, 0.2) is 0 Å². The van der Waals surface area contributed by atoms with Gasteiger partial charge in [-0.3, -0.25) is 0 Å². The van der Waals surface area contributed by atoms with E-state index in [1.165, 1.54) is 55.3 Å². The molecule has 0 aromatic heterocycles. The van der Waals surface area contributed by atoms with Crippen LogP contribution in [0.1, 0.15) is 39.0 Å². The predicted octanol–water partition coefficient (Wildman–Crippen LogP) is 3.33. The summed E-state index contributed by atoms with van der Waals surface area (Å²) in [5.74, 6) is 2.54. The number of rotatable bonds is 5. The minimum Gasteiger partial charge on any atom is -0.365 e. The van der Waals surface area contributed by atoms with E-state index in [-0.39, 0.29) is 0 Å². The number of hydrogen-bond donors (Lipinski definition) is 0. The van der Waals surface area contributed by atoms with Crippen LogP contribution in [0.15, 0.2) is 0 Å². The Bertz CT molecular complexity index is 171. The third kappa shape index (κ3) is 4.65. The monoisotopic (exact) mass is 231 g/mol. The molecule has 1 aliphatic heterocycles. The summed E-state index contributed by atoms with van der Waals surface area (Å²) >= 11 is 7.46. The number of thioether (sulfide) groups is 1. The zero-order valence-electron chi connectivity index (χ0n) is 9.13. The molecule has 0 saturated carbocycles. The van der Waals surface area contributed by atoms with Gasteiger partial charge in [-0.1, -0.05) is 25.6 Å². The standard InChI is InChI=1S/C11H21NS2/c1-2-9-14-10-8-12-7-5-3-4-6-11(12)13/h2-10H2,1H3. The van der Waals surface area contributed by atoms with E-state index < -0.39 is 0 Å². The molecule has 0 bridgehead atoms. The Morgan fingerprint density at radius 3 is 2.93 bits per heavy atom. The molecule has 0 N–H and O–H groups in total. The normalized spacial score (nSPS) is 18.4. The number of thiocarbonyl (C=S) groups is 1. The highest BCUT2D eigenvalue weighted by Crippen LogP contribution is 2.13. The lowest BCUT2D eigenvalue weighted by Gasteiger charge is -2.22. The molecule has 0 unspecified atom stereocenters. The molecule has 0 amide bonds. The van der Waals surface area contributed by atoms with Crippen molar-refractivity contribution < 1.29 is 0 Å². The van der Waals surface area contributed by atoms with Crippen molar-refractivity contribution >= 4 is 29.0 Å². The largest absolute Gasteiger partial charge is 0.365 e. The average Bonchev–Trinajstić information content (AvgIpc) is 2.39. The molecule has 1 aliphatic rings. The van der Waals surface area contributed by atoms with E-state index in [4.69, 9.17) is 12.2 Å². The summed E-state index contributed by atoms with van der Waals surface area (Å²) in [5.41, 5.74) is 0. The Hall–Kier alpha value is 0.240. The molecular formula is C11H21NS2. The molecule has 14 heavy (non-hydrogen) atoms. The van der Waals surface area contributed by atoms with Gasteiger partial charge >= 0.3 is 0 Å². The first-order valence-electron chi connectivity index (χ1n) is 5.70. The van der Waals surface area contributed by atoms with Gasteiger partial charge in [0.2, 0.25) is 0 Å². The lowest BCUT2D eigenvalue weighted by atomic mass is 10.2. The maximum Gasteiger partial charge on any atom is 0.0779 e. The maximum atomic E-state index is 5.41. The highest BCUT2D eigenvalue weighted by Gasteiger charge is 2.12. The molecule has 1 heterocycles. The van der Waals surface area contributed by atoms with Crippen LogP contribution in [0.5, 0.6) is 0 Å². The van der Waals surface area contributed by atoms with Gasteiger partial charge in [0, 0.05) is 18.8 Å².